The first-order valence-electron chi connectivity index (χ1n) is 11.5. The van der Waals surface area contributed by atoms with E-state index < -0.39 is 0 Å². The summed E-state index contributed by atoms with van der Waals surface area (Å²) in [7, 11) is 0. The quantitative estimate of drug-likeness (QED) is 0.340. The minimum Gasteiger partial charge on any atom is -0.394 e. The Bertz CT molecular complexity index is 1390. The van der Waals surface area contributed by atoms with Gasteiger partial charge in [-0.25, -0.2) is 15.0 Å². The van der Waals surface area contributed by atoms with Crippen LogP contribution in [-0.4, -0.2) is 63.4 Å². The van der Waals surface area contributed by atoms with E-state index in [0.717, 1.165) is 34.5 Å². The van der Waals surface area contributed by atoms with E-state index in [9.17, 15) is 9.90 Å². The van der Waals surface area contributed by atoms with Crippen molar-refractivity contribution in [2.24, 2.45) is 0 Å². The number of aliphatic hydroxyl groups is 1. The monoisotopic (exact) mass is 483 g/mol. The fourth-order valence-electron chi connectivity index (χ4n) is 3.99. The first kappa shape index (κ1) is 23.3. The zero-order chi connectivity index (χ0) is 24.9. The van der Waals surface area contributed by atoms with Gasteiger partial charge in [0.1, 0.15) is 5.82 Å². The Morgan fingerprint density at radius 1 is 1.17 bits per heavy atom. The molecule has 1 saturated heterocycles. The maximum absolute atomic E-state index is 11.7. The molecule has 36 heavy (non-hydrogen) atoms. The molecule has 4 aromatic rings. The third-order valence-corrected chi connectivity index (χ3v) is 5.77. The van der Waals surface area contributed by atoms with Crippen molar-refractivity contribution in [2.75, 3.05) is 41.8 Å². The Kier molecular flexibility index (Phi) is 6.78. The second-order valence-corrected chi connectivity index (χ2v) is 8.21. The van der Waals surface area contributed by atoms with E-state index in [1.165, 1.54) is 6.08 Å². The average Bonchev–Trinajstić information content (AvgIpc) is 2.93. The minimum absolute atomic E-state index is 0.0132. The van der Waals surface area contributed by atoms with Crippen LogP contribution in [0.5, 0.6) is 0 Å². The third kappa shape index (κ3) is 5.14. The summed E-state index contributed by atoms with van der Waals surface area (Å²) in [5, 5.41) is 16.2. The van der Waals surface area contributed by atoms with E-state index in [1.54, 1.807) is 30.7 Å². The lowest BCUT2D eigenvalue weighted by molar-refractivity contribution is -0.111. The number of rotatable bonds is 7. The number of aromatic nitrogens is 4. The molecule has 1 aromatic carbocycles. The maximum atomic E-state index is 11.7. The number of nitrogens with zero attached hydrogens (tertiary/aromatic N) is 5. The highest BCUT2D eigenvalue weighted by molar-refractivity contribution is 5.99. The van der Waals surface area contributed by atoms with Crippen molar-refractivity contribution in [1.82, 2.24) is 19.9 Å². The Morgan fingerprint density at radius 2 is 2.08 bits per heavy atom. The molecule has 10 nitrogen and oxygen atoms in total. The number of ether oxygens (including phenoxy) is 1. The van der Waals surface area contributed by atoms with Crippen LogP contribution in [0.1, 0.15) is 0 Å². The zero-order valence-corrected chi connectivity index (χ0v) is 19.5. The molecule has 4 heterocycles. The van der Waals surface area contributed by atoms with Crippen LogP contribution in [-0.2, 0) is 9.53 Å². The summed E-state index contributed by atoms with van der Waals surface area (Å²) in [6.07, 6.45) is 6.13. The van der Waals surface area contributed by atoms with Crippen molar-refractivity contribution in [1.29, 1.82) is 0 Å². The van der Waals surface area contributed by atoms with Crippen molar-refractivity contribution in [3.05, 3.63) is 73.7 Å². The number of fused-ring (bicyclic) bond motifs is 1. The summed E-state index contributed by atoms with van der Waals surface area (Å²) in [6.45, 7) is 5.34. The van der Waals surface area contributed by atoms with E-state index in [-0.39, 0.29) is 18.6 Å². The van der Waals surface area contributed by atoms with Crippen molar-refractivity contribution >= 4 is 40.0 Å². The molecule has 1 amide bonds. The standard InChI is InChI=1S/C26H25N7O3/c1-2-24(35)30-18-8-9-27-22(12-18)21-5-3-4-17-13-29-26(32-25(17)21)31-19-6-7-23(28-14-19)33-10-11-36-20(15-33)16-34/h2-9,12-14,20,34H,1,10-11,15-16H2,(H,27,30,35)(H,29,31,32). The third-order valence-electron chi connectivity index (χ3n) is 5.77. The highest BCUT2D eigenvalue weighted by atomic mass is 16.5. The summed E-state index contributed by atoms with van der Waals surface area (Å²) in [4.78, 5) is 32.0. The molecule has 0 radical (unpaired) electrons. The topological polar surface area (TPSA) is 125 Å². The zero-order valence-electron chi connectivity index (χ0n) is 19.5. The van der Waals surface area contributed by atoms with Crippen molar-refractivity contribution < 1.29 is 14.6 Å². The summed E-state index contributed by atoms with van der Waals surface area (Å²) >= 11 is 0. The maximum Gasteiger partial charge on any atom is 0.247 e. The molecule has 5 rings (SSSR count). The number of hydrogen-bond donors (Lipinski definition) is 3. The Morgan fingerprint density at radius 3 is 2.89 bits per heavy atom. The Balaban J connectivity index is 1.38. The second-order valence-electron chi connectivity index (χ2n) is 8.21. The van der Waals surface area contributed by atoms with E-state index in [4.69, 9.17) is 9.72 Å². The number of carbonyl (C=O) groups excluding carboxylic acids is 1. The molecule has 1 fully saturated rings. The van der Waals surface area contributed by atoms with E-state index >= 15 is 0 Å². The molecule has 1 aliphatic rings. The first-order chi connectivity index (χ1) is 17.6. The van der Waals surface area contributed by atoms with Crippen molar-refractivity contribution in [3.63, 3.8) is 0 Å². The minimum atomic E-state index is -0.291. The van der Waals surface area contributed by atoms with Crippen molar-refractivity contribution in [2.45, 2.75) is 6.10 Å². The van der Waals surface area contributed by atoms with Crippen LogP contribution in [0.4, 0.5) is 23.1 Å². The first-order valence-corrected chi connectivity index (χ1v) is 11.5. The molecule has 0 bridgehead atoms. The summed E-state index contributed by atoms with van der Waals surface area (Å²) in [5.74, 6) is 0.950. The van der Waals surface area contributed by atoms with E-state index in [0.29, 0.717) is 30.5 Å². The Labute approximate surface area is 207 Å². The summed E-state index contributed by atoms with van der Waals surface area (Å²) < 4.78 is 5.51. The van der Waals surface area contributed by atoms with Crippen LogP contribution in [0.2, 0.25) is 0 Å². The molecular formula is C26H25N7O3. The van der Waals surface area contributed by atoms with Gasteiger partial charge in [-0.15, -0.1) is 0 Å². The lowest BCUT2D eigenvalue weighted by Gasteiger charge is -2.32. The van der Waals surface area contributed by atoms with Gasteiger partial charge >= 0.3 is 0 Å². The molecule has 1 aliphatic heterocycles. The fourth-order valence-corrected chi connectivity index (χ4v) is 3.99. The molecule has 3 N–H and O–H groups in total. The molecule has 1 atom stereocenters. The van der Waals surface area contributed by atoms with Crippen LogP contribution in [0.25, 0.3) is 22.2 Å². The lowest BCUT2D eigenvalue weighted by atomic mass is 10.1. The van der Waals surface area contributed by atoms with Gasteiger partial charge in [0, 0.05) is 42.1 Å². The number of carbonyl (C=O) groups is 1. The largest absolute Gasteiger partial charge is 0.394 e. The molecule has 10 heteroatoms. The van der Waals surface area contributed by atoms with Crippen LogP contribution in [0, 0.1) is 0 Å². The number of hydrogen-bond acceptors (Lipinski definition) is 9. The highest BCUT2D eigenvalue weighted by Crippen LogP contribution is 2.28. The van der Waals surface area contributed by atoms with Gasteiger partial charge in [0.15, 0.2) is 0 Å². The highest BCUT2D eigenvalue weighted by Gasteiger charge is 2.20. The molecule has 182 valence electrons. The summed E-state index contributed by atoms with van der Waals surface area (Å²) in [6, 6.07) is 13.1. The van der Waals surface area contributed by atoms with Gasteiger partial charge in [-0.3, -0.25) is 9.78 Å². The number of morpholine rings is 1. The van der Waals surface area contributed by atoms with Gasteiger partial charge in [-0.1, -0.05) is 24.8 Å². The number of nitrogens with one attached hydrogen (secondary N) is 2. The number of benzene rings is 1. The number of pyridine rings is 2. The van der Waals surface area contributed by atoms with Crippen LogP contribution < -0.4 is 15.5 Å². The van der Waals surface area contributed by atoms with Gasteiger partial charge in [-0.2, -0.15) is 0 Å². The molecular weight excluding hydrogens is 458 g/mol. The number of anilines is 4. The second kappa shape index (κ2) is 10.5. The number of aliphatic hydroxyl groups excluding tert-OH is 1. The van der Waals surface area contributed by atoms with Gasteiger partial charge in [-0.05, 0) is 30.3 Å². The smallest absolute Gasteiger partial charge is 0.247 e. The van der Waals surface area contributed by atoms with Crippen molar-refractivity contribution in [3.8, 4) is 11.3 Å². The predicted molar refractivity (Wildman–Crippen MR) is 138 cm³/mol. The molecule has 1 unspecified atom stereocenters. The normalized spacial score (nSPS) is 15.5. The lowest BCUT2D eigenvalue weighted by Crippen LogP contribution is -2.44. The molecule has 0 spiro atoms. The number of amides is 1. The SMILES string of the molecule is C=CC(=O)Nc1ccnc(-c2cccc3cnc(Nc4ccc(N5CCOC(CO)C5)nc4)nc23)c1. The van der Waals surface area contributed by atoms with Crippen LogP contribution >= 0.6 is 0 Å². The fraction of sp³-hybridized carbons (Fsp3) is 0.192. The molecule has 0 aliphatic carbocycles. The molecule has 3 aromatic heterocycles. The van der Waals surface area contributed by atoms with Gasteiger partial charge < -0.3 is 25.4 Å². The van der Waals surface area contributed by atoms with Crippen LogP contribution in [0.15, 0.2) is 73.7 Å². The molecule has 0 saturated carbocycles. The van der Waals surface area contributed by atoms with Gasteiger partial charge in [0.05, 0.1) is 42.4 Å². The predicted octanol–water partition coefficient (Wildman–Crippen LogP) is 3.15. The van der Waals surface area contributed by atoms with Gasteiger partial charge in [0.2, 0.25) is 11.9 Å². The summed E-state index contributed by atoms with van der Waals surface area (Å²) in [5.41, 5.74) is 3.57. The Hall–Kier alpha value is -4.41. The van der Waals surface area contributed by atoms with Gasteiger partial charge in [0.25, 0.3) is 0 Å². The van der Waals surface area contributed by atoms with E-state index in [1.807, 2.05) is 30.3 Å². The van der Waals surface area contributed by atoms with E-state index in [2.05, 4.69) is 37.1 Å². The van der Waals surface area contributed by atoms with Crippen LogP contribution in [0.3, 0.4) is 0 Å². The average molecular weight is 484 g/mol. The number of para-hydroxylation sites is 1.